The number of carbonyl (C=O) groups excluding carboxylic acids is 2. The highest BCUT2D eigenvalue weighted by atomic mass is 16.2. The van der Waals surface area contributed by atoms with Crippen LogP contribution in [0, 0.1) is 0 Å². The number of fused-ring (bicyclic) bond motifs is 1. The second-order valence-electron chi connectivity index (χ2n) is 7.07. The zero-order valence-corrected chi connectivity index (χ0v) is 15.3. The first-order valence-corrected chi connectivity index (χ1v) is 9.09. The Morgan fingerprint density at radius 3 is 2.25 bits per heavy atom. The molecule has 0 saturated heterocycles. The molecule has 4 nitrogen and oxygen atoms in total. The Balaban J connectivity index is 1.89. The van der Waals surface area contributed by atoms with Gasteiger partial charge >= 0.3 is 0 Å². The summed E-state index contributed by atoms with van der Waals surface area (Å²) in [5.74, 6) is -1.10. The first-order valence-electron chi connectivity index (χ1n) is 9.09. The number of rotatable bonds is 4. The van der Waals surface area contributed by atoms with E-state index in [-0.39, 0.29) is 6.42 Å². The van der Waals surface area contributed by atoms with Gasteiger partial charge in [0.25, 0.3) is 0 Å². The molecule has 1 aliphatic carbocycles. The van der Waals surface area contributed by atoms with Crippen molar-refractivity contribution in [3.63, 3.8) is 0 Å². The highest BCUT2D eigenvalue weighted by Crippen LogP contribution is 2.35. The van der Waals surface area contributed by atoms with E-state index in [2.05, 4.69) is 0 Å². The van der Waals surface area contributed by atoms with E-state index in [0.717, 1.165) is 16.3 Å². The van der Waals surface area contributed by atoms with Gasteiger partial charge in [-0.15, -0.1) is 0 Å². The molecule has 0 fully saturated rings. The summed E-state index contributed by atoms with van der Waals surface area (Å²) in [5, 5.41) is 2.03. The fraction of sp³-hybridized carbons (Fsp3) is 0.0833. The van der Waals surface area contributed by atoms with Crippen LogP contribution in [0.1, 0.15) is 22.3 Å². The Bertz CT molecular complexity index is 1140. The smallest absolute Gasteiger partial charge is 0.233 e. The van der Waals surface area contributed by atoms with Crippen LogP contribution in [0.2, 0.25) is 0 Å². The van der Waals surface area contributed by atoms with Gasteiger partial charge in [-0.25, -0.2) is 0 Å². The van der Waals surface area contributed by atoms with Gasteiger partial charge in [-0.05, 0) is 28.0 Å². The Hall–Kier alpha value is -3.34. The van der Waals surface area contributed by atoms with Gasteiger partial charge in [-0.1, -0.05) is 78.9 Å². The molecule has 4 rings (SSSR count). The molecule has 0 spiro atoms. The highest BCUT2D eigenvalue weighted by molar-refractivity contribution is 6.51. The summed E-state index contributed by atoms with van der Waals surface area (Å²) in [6.07, 6.45) is 3.44. The lowest BCUT2D eigenvalue weighted by molar-refractivity contribution is -0.111. The molecule has 0 radical (unpaired) electrons. The minimum absolute atomic E-state index is 0.265. The van der Waals surface area contributed by atoms with Crippen molar-refractivity contribution in [3.8, 4) is 0 Å². The first-order chi connectivity index (χ1) is 13.5. The van der Waals surface area contributed by atoms with Gasteiger partial charge in [0.2, 0.25) is 11.6 Å². The van der Waals surface area contributed by atoms with Crippen LogP contribution in [-0.2, 0) is 4.79 Å². The second-order valence-corrected chi connectivity index (χ2v) is 7.07. The number of benzene rings is 3. The van der Waals surface area contributed by atoms with Crippen LogP contribution in [0.3, 0.4) is 0 Å². The SMILES string of the molecule is NC1(N)C=CC(C(=O)C(=O)c2ccccc2)=C(c2cccc3ccccc23)C1. The number of hydrogen-bond acceptors (Lipinski definition) is 4. The minimum Gasteiger partial charge on any atom is -0.310 e. The second kappa shape index (κ2) is 7.00. The molecule has 4 heteroatoms. The van der Waals surface area contributed by atoms with Crippen LogP contribution in [-0.4, -0.2) is 17.2 Å². The third kappa shape index (κ3) is 3.31. The van der Waals surface area contributed by atoms with Crippen LogP contribution < -0.4 is 11.5 Å². The molecule has 0 aromatic heterocycles. The van der Waals surface area contributed by atoms with Gasteiger partial charge in [0, 0.05) is 17.6 Å². The normalized spacial score (nSPS) is 15.6. The molecule has 0 amide bonds. The van der Waals surface area contributed by atoms with Gasteiger partial charge in [-0.3, -0.25) is 9.59 Å². The third-order valence-corrected chi connectivity index (χ3v) is 4.97. The molecule has 138 valence electrons. The van der Waals surface area contributed by atoms with E-state index in [1.807, 2.05) is 42.5 Å². The van der Waals surface area contributed by atoms with E-state index in [9.17, 15) is 9.59 Å². The van der Waals surface area contributed by atoms with Crippen molar-refractivity contribution in [2.75, 3.05) is 0 Å². The van der Waals surface area contributed by atoms with E-state index in [0.29, 0.717) is 16.7 Å². The van der Waals surface area contributed by atoms with E-state index in [1.54, 1.807) is 42.5 Å². The largest absolute Gasteiger partial charge is 0.310 e. The maximum Gasteiger partial charge on any atom is 0.233 e. The molecule has 0 aliphatic heterocycles. The standard InChI is InChI=1S/C24H20N2O2/c25-24(26)14-13-20(23(28)22(27)17-8-2-1-3-9-17)21(15-24)19-12-6-10-16-7-4-5-11-18(16)19/h1-14H,15,25-26H2. The zero-order valence-electron chi connectivity index (χ0n) is 15.3. The van der Waals surface area contributed by atoms with E-state index >= 15 is 0 Å². The molecule has 1 aliphatic rings. The van der Waals surface area contributed by atoms with Gasteiger partial charge < -0.3 is 11.5 Å². The lowest BCUT2D eigenvalue weighted by Crippen LogP contribution is -2.48. The molecule has 0 heterocycles. The Kier molecular flexibility index (Phi) is 4.51. The summed E-state index contributed by atoms with van der Waals surface area (Å²) >= 11 is 0. The summed E-state index contributed by atoms with van der Waals surface area (Å²) in [6, 6.07) is 22.3. The number of nitrogens with two attached hydrogens (primary N) is 2. The Morgan fingerprint density at radius 1 is 0.786 bits per heavy atom. The number of ketones is 2. The van der Waals surface area contributed by atoms with Crippen molar-refractivity contribution in [2.45, 2.75) is 12.1 Å². The molecule has 3 aromatic rings. The summed E-state index contributed by atoms with van der Waals surface area (Å²) in [7, 11) is 0. The summed E-state index contributed by atoms with van der Waals surface area (Å²) in [5.41, 5.74) is 13.5. The minimum atomic E-state index is -1.08. The van der Waals surface area contributed by atoms with Gasteiger partial charge in [0.15, 0.2) is 0 Å². The van der Waals surface area contributed by atoms with Crippen LogP contribution in [0.5, 0.6) is 0 Å². The maximum atomic E-state index is 13.1. The van der Waals surface area contributed by atoms with E-state index in [1.165, 1.54) is 0 Å². The molecule has 4 N–H and O–H groups in total. The average Bonchev–Trinajstić information content (AvgIpc) is 2.72. The molecule has 0 saturated carbocycles. The van der Waals surface area contributed by atoms with E-state index < -0.39 is 17.2 Å². The Morgan fingerprint density at radius 2 is 1.46 bits per heavy atom. The zero-order chi connectivity index (χ0) is 19.7. The Labute approximate surface area is 163 Å². The lowest BCUT2D eigenvalue weighted by Gasteiger charge is -2.28. The summed E-state index contributed by atoms with van der Waals surface area (Å²) in [4.78, 5) is 25.9. The average molecular weight is 368 g/mol. The topological polar surface area (TPSA) is 86.2 Å². The van der Waals surface area contributed by atoms with Crippen LogP contribution in [0.15, 0.2) is 90.5 Å². The van der Waals surface area contributed by atoms with Crippen molar-refractivity contribution < 1.29 is 9.59 Å². The molecule has 28 heavy (non-hydrogen) atoms. The van der Waals surface area contributed by atoms with Crippen molar-refractivity contribution in [1.82, 2.24) is 0 Å². The van der Waals surface area contributed by atoms with Crippen LogP contribution in [0.25, 0.3) is 16.3 Å². The number of hydrogen-bond donors (Lipinski definition) is 2. The summed E-state index contributed by atoms with van der Waals surface area (Å²) < 4.78 is 0. The van der Waals surface area contributed by atoms with Crippen molar-refractivity contribution in [1.29, 1.82) is 0 Å². The molecule has 0 bridgehead atoms. The molecule has 0 atom stereocenters. The monoisotopic (exact) mass is 368 g/mol. The predicted molar refractivity (Wildman–Crippen MR) is 112 cm³/mol. The highest BCUT2D eigenvalue weighted by Gasteiger charge is 2.30. The lowest BCUT2D eigenvalue weighted by atomic mass is 9.82. The fourth-order valence-corrected chi connectivity index (χ4v) is 3.58. The van der Waals surface area contributed by atoms with Gasteiger partial charge in [0.05, 0.1) is 5.66 Å². The van der Waals surface area contributed by atoms with Crippen molar-refractivity contribution in [3.05, 3.63) is 102 Å². The number of Topliss-reactive ketones (excluding diaryl/α,β-unsaturated/α-hetero) is 2. The molecular formula is C24H20N2O2. The van der Waals surface area contributed by atoms with Gasteiger partial charge in [0.1, 0.15) is 0 Å². The predicted octanol–water partition coefficient (Wildman–Crippen LogP) is 3.62. The number of allylic oxidation sites excluding steroid dienone is 2. The fourth-order valence-electron chi connectivity index (χ4n) is 3.58. The van der Waals surface area contributed by atoms with Crippen molar-refractivity contribution >= 4 is 27.9 Å². The molecule has 0 unspecified atom stereocenters. The first kappa shape index (κ1) is 18.0. The third-order valence-electron chi connectivity index (χ3n) is 4.97. The quantitative estimate of drug-likeness (QED) is 0.418. The molecular weight excluding hydrogens is 348 g/mol. The van der Waals surface area contributed by atoms with Crippen molar-refractivity contribution in [2.24, 2.45) is 11.5 Å². The van der Waals surface area contributed by atoms with Crippen LogP contribution >= 0.6 is 0 Å². The number of carbonyl (C=O) groups is 2. The summed E-state index contributed by atoms with van der Waals surface area (Å²) in [6.45, 7) is 0. The van der Waals surface area contributed by atoms with Gasteiger partial charge in [-0.2, -0.15) is 0 Å². The van der Waals surface area contributed by atoms with Crippen LogP contribution in [0.4, 0.5) is 0 Å². The molecule has 3 aromatic carbocycles. The van der Waals surface area contributed by atoms with E-state index in [4.69, 9.17) is 11.5 Å². The maximum absolute atomic E-state index is 13.1.